The fourth-order valence-corrected chi connectivity index (χ4v) is 11.0. The highest BCUT2D eigenvalue weighted by atomic mass is 16.3. The molecule has 0 spiro atoms. The van der Waals surface area contributed by atoms with Crippen molar-refractivity contribution in [3.63, 3.8) is 0 Å². The Morgan fingerprint density at radius 3 is 2.37 bits per heavy atom. The van der Waals surface area contributed by atoms with Gasteiger partial charge in [-0.1, -0.05) is 72.9 Å². The minimum Gasteiger partial charge on any atom is -0.383 e. The Labute approximate surface area is 235 Å². The van der Waals surface area contributed by atoms with Crippen molar-refractivity contribution in [3.05, 3.63) is 127 Å². The maximum Gasteiger partial charge on any atom is 0.109 e. The molecule has 5 aromatic rings. The molecule has 1 nitrogen and oxygen atoms in total. The summed E-state index contributed by atoms with van der Waals surface area (Å²) in [7, 11) is 0. The van der Waals surface area contributed by atoms with E-state index < -0.39 is 5.60 Å². The van der Waals surface area contributed by atoms with Crippen molar-refractivity contribution in [1.29, 1.82) is 0 Å². The number of allylic oxidation sites excluding steroid dienone is 2. The zero-order chi connectivity index (χ0) is 26.1. The van der Waals surface area contributed by atoms with Gasteiger partial charge in [0.1, 0.15) is 5.60 Å². The molecule has 13 rings (SSSR count). The molecule has 0 amide bonds. The van der Waals surface area contributed by atoms with E-state index in [1.807, 2.05) is 0 Å². The first kappa shape index (κ1) is 19.6. The summed E-state index contributed by atoms with van der Waals surface area (Å²) in [6.45, 7) is 0. The van der Waals surface area contributed by atoms with Gasteiger partial charge in [0.05, 0.1) is 0 Å². The van der Waals surface area contributed by atoms with E-state index in [4.69, 9.17) is 0 Å². The van der Waals surface area contributed by atoms with Gasteiger partial charge in [0.2, 0.25) is 0 Å². The van der Waals surface area contributed by atoms with Gasteiger partial charge in [-0.15, -0.1) is 0 Å². The quantitative estimate of drug-likeness (QED) is 0.226. The van der Waals surface area contributed by atoms with Gasteiger partial charge in [0, 0.05) is 23.3 Å². The van der Waals surface area contributed by atoms with Crippen LogP contribution in [0.25, 0.3) is 68.1 Å². The predicted molar refractivity (Wildman–Crippen MR) is 165 cm³/mol. The predicted octanol–water partition coefficient (Wildman–Crippen LogP) is 6.72. The minimum absolute atomic E-state index is 0.00356. The lowest BCUT2D eigenvalue weighted by Gasteiger charge is -2.59. The second-order valence-electron chi connectivity index (χ2n) is 13.6. The summed E-state index contributed by atoms with van der Waals surface area (Å²) in [4.78, 5) is 0. The molecular weight excluding hydrogens is 496 g/mol. The zero-order valence-electron chi connectivity index (χ0n) is 22.2. The fourth-order valence-electron chi connectivity index (χ4n) is 11.0. The summed E-state index contributed by atoms with van der Waals surface area (Å²) in [6, 6.07) is 19.0. The van der Waals surface area contributed by atoms with E-state index in [0.29, 0.717) is 0 Å². The normalized spacial score (nSPS) is 27.4. The van der Waals surface area contributed by atoms with Crippen LogP contribution in [0.5, 0.6) is 0 Å². The summed E-state index contributed by atoms with van der Waals surface area (Å²) < 4.78 is 0. The van der Waals surface area contributed by atoms with Crippen LogP contribution in [0.15, 0.2) is 71.8 Å². The minimum atomic E-state index is -0.989. The molecule has 8 aliphatic carbocycles. The highest BCUT2D eigenvalue weighted by Crippen LogP contribution is 2.71. The number of aliphatic hydroxyl groups is 1. The van der Waals surface area contributed by atoms with E-state index in [1.54, 1.807) is 0 Å². The van der Waals surface area contributed by atoms with E-state index in [0.717, 1.165) is 12.8 Å². The maximum absolute atomic E-state index is 13.8. The van der Waals surface area contributed by atoms with E-state index in [2.05, 4.69) is 85.0 Å². The Morgan fingerprint density at radius 2 is 1.46 bits per heavy atom. The van der Waals surface area contributed by atoms with Gasteiger partial charge in [0.25, 0.3) is 0 Å². The lowest BCUT2D eigenvalue weighted by molar-refractivity contribution is -0.0375. The second kappa shape index (κ2) is 5.66. The van der Waals surface area contributed by atoms with Gasteiger partial charge in [-0.05, 0) is 129 Å². The van der Waals surface area contributed by atoms with Crippen LogP contribution < -0.4 is 10.4 Å². The molecule has 4 atom stereocenters. The van der Waals surface area contributed by atoms with E-state index in [1.165, 1.54) is 110 Å². The van der Waals surface area contributed by atoms with Gasteiger partial charge in [-0.2, -0.15) is 0 Å². The molecule has 0 saturated carbocycles. The summed E-state index contributed by atoms with van der Waals surface area (Å²) in [5.74, 6) is 0.130. The van der Waals surface area contributed by atoms with Gasteiger partial charge in [-0.3, -0.25) is 0 Å². The van der Waals surface area contributed by atoms with Crippen LogP contribution in [-0.2, 0) is 18.4 Å². The lowest BCUT2D eigenvalue weighted by Crippen LogP contribution is -2.54. The molecule has 188 valence electrons. The van der Waals surface area contributed by atoms with Crippen LogP contribution in [-0.4, -0.2) is 5.11 Å². The van der Waals surface area contributed by atoms with Crippen LogP contribution in [0.1, 0.15) is 56.3 Å². The second-order valence-corrected chi connectivity index (χ2v) is 13.6. The third kappa shape index (κ3) is 1.74. The van der Waals surface area contributed by atoms with E-state index >= 15 is 0 Å². The molecule has 0 heterocycles. The van der Waals surface area contributed by atoms with Gasteiger partial charge in [0.15, 0.2) is 0 Å². The monoisotopic (exact) mass is 518 g/mol. The highest BCUT2D eigenvalue weighted by Gasteiger charge is 2.63. The maximum atomic E-state index is 13.8. The number of hydrogen-bond acceptors (Lipinski definition) is 1. The third-order valence-electron chi connectivity index (χ3n) is 12.2. The molecule has 41 heavy (non-hydrogen) atoms. The SMILES string of the molecule is OC12c3c4c5cc6cc7ccc8c9c7c(c36)C3c6c(ccc(c6-9)CC=8)C=C(C=C6C=Cc7ccc(c-4c7C61)CC=5)C32. The van der Waals surface area contributed by atoms with Crippen molar-refractivity contribution >= 4 is 45.8 Å². The first-order valence-electron chi connectivity index (χ1n) is 15.1. The topological polar surface area (TPSA) is 20.2 Å². The van der Waals surface area contributed by atoms with Crippen molar-refractivity contribution in [1.82, 2.24) is 0 Å². The van der Waals surface area contributed by atoms with Crippen molar-refractivity contribution in [2.24, 2.45) is 5.92 Å². The summed E-state index contributed by atoms with van der Waals surface area (Å²) >= 11 is 0. The number of benzene rings is 5. The molecule has 0 aliphatic heterocycles. The molecule has 5 aromatic carbocycles. The first-order valence-corrected chi connectivity index (χ1v) is 15.1. The molecule has 0 bridgehead atoms. The Kier molecular flexibility index (Phi) is 2.70. The van der Waals surface area contributed by atoms with E-state index in [-0.39, 0.29) is 17.8 Å². The van der Waals surface area contributed by atoms with Crippen molar-refractivity contribution < 1.29 is 5.11 Å². The fraction of sp³-hybridized carbons (Fsp3) is 0.150. The summed E-state index contributed by atoms with van der Waals surface area (Å²) in [6.07, 6.45) is 16.3. The average molecular weight is 519 g/mol. The average Bonchev–Trinajstić information content (AvgIpc) is 3.00. The van der Waals surface area contributed by atoms with Crippen molar-refractivity contribution in [3.8, 4) is 22.3 Å². The molecule has 0 radical (unpaired) electrons. The largest absolute Gasteiger partial charge is 0.383 e. The van der Waals surface area contributed by atoms with Crippen LogP contribution in [0.4, 0.5) is 0 Å². The Morgan fingerprint density at radius 1 is 0.634 bits per heavy atom. The highest BCUT2D eigenvalue weighted by molar-refractivity contribution is 6.16. The Bertz CT molecular complexity index is 2550. The van der Waals surface area contributed by atoms with E-state index in [9.17, 15) is 5.11 Å². The molecule has 1 heteroatoms. The van der Waals surface area contributed by atoms with Gasteiger partial charge in [-0.25, -0.2) is 0 Å². The van der Waals surface area contributed by atoms with Crippen molar-refractivity contribution in [2.45, 2.75) is 30.3 Å². The molecular formula is C40H22O. The molecule has 0 fully saturated rings. The summed E-state index contributed by atoms with van der Waals surface area (Å²) in [5, 5.41) is 21.9. The van der Waals surface area contributed by atoms with Gasteiger partial charge < -0.3 is 5.11 Å². The van der Waals surface area contributed by atoms with Crippen molar-refractivity contribution in [2.75, 3.05) is 0 Å². The zero-order valence-corrected chi connectivity index (χ0v) is 22.2. The standard InChI is InChI=1S/C40H22O/c41-40-37-24-12-8-20-4-3-19-7-11-23-14-25-13-21-9-5-17-1-2-18-6-10-22-15-26(16-24)38(40)36-31(22)28(18)27(17)30(21)35(36)34(25)39(40)33(23)29(19)32(20)37/h1,3-6,8-16,36-38,41H,2,7H2. The Hall–Kier alpha value is -4.46. The van der Waals surface area contributed by atoms with Crippen LogP contribution in [0.3, 0.4) is 0 Å². The number of rotatable bonds is 0. The lowest BCUT2D eigenvalue weighted by atomic mass is 9.45. The molecule has 0 saturated heterocycles. The Balaban J connectivity index is 1.41. The molecule has 4 unspecified atom stereocenters. The summed E-state index contributed by atoms with van der Waals surface area (Å²) in [5.41, 5.74) is 18.3. The first-order chi connectivity index (χ1) is 20.2. The van der Waals surface area contributed by atoms with Crippen LogP contribution in [0, 0.1) is 5.92 Å². The molecule has 1 N–H and O–H groups in total. The van der Waals surface area contributed by atoms with Gasteiger partial charge >= 0.3 is 0 Å². The van der Waals surface area contributed by atoms with Crippen LogP contribution >= 0.6 is 0 Å². The number of hydrogen-bond donors (Lipinski definition) is 1. The smallest absolute Gasteiger partial charge is 0.109 e. The van der Waals surface area contributed by atoms with Crippen LogP contribution in [0.2, 0.25) is 0 Å². The molecule has 8 aliphatic rings. The third-order valence-corrected chi connectivity index (χ3v) is 12.2. The molecule has 0 aromatic heterocycles.